The molecule has 22 heavy (non-hydrogen) atoms. The third-order valence-corrected chi connectivity index (χ3v) is 4.52. The molecule has 3 aromatic rings. The Morgan fingerprint density at radius 3 is 2.50 bits per heavy atom. The topological polar surface area (TPSA) is 26.0 Å². The maximum Gasteiger partial charge on any atom is 0.000782 e. The lowest BCUT2D eigenvalue weighted by atomic mass is 9.87. The van der Waals surface area contributed by atoms with Crippen molar-refractivity contribution in [2.24, 2.45) is 5.73 Å². The van der Waals surface area contributed by atoms with Crippen molar-refractivity contribution in [2.45, 2.75) is 26.2 Å². The van der Waals surface area contributed by atoms with Gasteiger partial charge in [0.2, 0.25) is 0 Å². The fourth-order valence-corrected chi connectivity index (χ4v) is 3.21. The zero-order valence-corrected chi connectivity index (χ0v) is 13.3. The Balaban J connectivity index is 2.01. The van der Waals surface area contributed by atoms with Crippen molar-refractivity contribution < 1.29 is 0 Å². The fourth-order valence-electron chi connectivity index (χ4n) is 3.21. The fraction of sp³-hybridized carbons (Fsp3) is 0.238. The van der Waals surface area contributed by atoms with Gasteiger partial charge in [0.05, 0.1) is 0 Å². The van der Waals surface area contributed by atoms with Crippen LogP contribution in [0.15, 0.2) is 60.7 Å². The van der Waals surface area contributed by atoms with E-state index < -0.39 is 0 Å². The summed E-state index contributed by atoms with van der Waals surface area (Å²) in [6, 6.07) is 21.8. The van der Waals surface area contributed by atoms with Crippen molar-refractivity contribution in [3.63, 3.8) is 0 Å². The van der Waals surface area contributed by atoms with Crippen LogP contribution in [0.2, 0.25) is 0 Å². The summed E-state index contributed by atoms with van der Waals surface area (Å²) in [5.41, 5.74) is 11.6. The van der Waals surface area contributed by atoms with Crippen molar-refractivity contribution in [3.05, 3.63) is 82.9 Å². The SMILES string of the molecule is Cc1ccc(C)c(CC(CN)c2cccc3ccccc23)c1. The predicted molar refractivity (Wildman–Crippen MR) is 95.4 cm³/mol. The number of nitrogens with two attached hydrogens (primary N) is 1. The molecule has 1 nitrogen and oxygen atoms in total. The lowest BCUT2D eigenvalue weighted by molar-refractivity contribution is 0.697. The van der Waals surface area contributed by atoms with Gasteiger partial charge in [-0.25, -0.2) is 0 Å². The van der Waals surface area contributed by atoms with Crippen LogP contribution in [-0.4, -0.2) is 6.54 Å². The van der Waals surface area contributed by atoms with E-state index in [9.17, 15) is 0 Å². The number of hydrogen-bond acceptors (Lipinski definition) is 1. The maximum absolute atomic E-state index is 6.13. The van der Waals surface area contributed by atoms with Crippen LogP contribution in [-0.2, 0) is 6.42 Å². The first-order valence-electron chi connectivity index (χ1n) is 7.93. The zero-order chi connectivity index (χ0) is 15.5. The first kappa shape index (κ1) is 14.8. The molecular formula is C21H23N. The van der Waals surface area contributed by atoms with E-state index in [0.29, 0.717) is 12.5 Å². The number of rotatable bonds is 4. The van der Waals surface area contributed by atoms with Gasteiger partial charge < -0.3 is 5.73 Å². The van der Waals surface area contributed by atoms with Crippen LogP contribution in [0.5, 0.6) is 0 Å². The van der Waals surface area contributed by atoms with E-state index in [0.717, 1.165) is 6.42 Å². The summed E-state index contributed by atoms with van der Waals surface area (Å²) >= 11 is 0. The van der Waals surface area contributed by atoms with Gasteiger partial charge in [0.25, 0.3) is 0 Å². The highest BCUT2D eigenvalue weighted by molar-refractivity contribution is 5.86. The van der Waals surface area contributed by atoms with Gasteiger partial charge in [0.1, 0.15) is 0 Å². The average Bonchev–Trinajstić information content (AvgIpc) is 2.55. The van der Waals surface area contributed by atoms with Gasteiger partial charge in [-0.15, -0.1) is 0 Å². The zero-order valence-electron chi connectivity index (χ0n) is 13.3. The molecule has 0 fully saturated rings. The van der Waals surface area contributed by atoms with Crippen LogP contribution in [0, 0.1) is 13.8 Å². The summed E-state index contributed by atoms with van der Waals surface area (Å²) < 4.78 is 0. The molecule has 0 spiro atoms. The molecule has 0 aromatic heterocycles. The Morgan fingerprint density at radius 2 is 1.68 bits per heavy atom. The second-order valence-corrected chi connectivity index (χ2v) is 6.14. The molecule has 0 aliphatic carbocycles. The van der Waals surface area contributed by atoms with E-state index in [1.54, 1.807) is 0 Å². The highest BCUT2D eigenvalue weighted by Crippen LogP contribution is 2.28. The van der Waals surface area contributed by atoms with E-state index in [1.165, 1.54) is 33.0 Å². The molecule has 3 rings (SSSR count). The normalized spacial score (nSPS) is 12.5. The summed E-state index contributed by atoms with van der Waals surface area (Å²) in [7, 11) is 0. The molecule has 1 unspecified atom stereocenters. The summed E-state index contributed by atoms with van der Waals surface area (Å²) in [6.07, 6.45) is 0.998. The minimum atomic E-state index is 0.353. The van der Waals surface area contributed by atoms with Crippen molar-refractivity contribution in [3.8, 4) is 0 Å². The number of aryl methyl sites for hydroxylation is 2. The van der Waals surface area contributed by atoms with E-state index in [1.807, 2.05) is 0 Å². The van der Waals surface area contributed by atoms with Crippen molar-refractivity contribution >= 4 is 10.8 Å². The minimum Gasteiger partial charge on any atom is -0.330 e. The lowest BCUT2D eigenvalue weighted by Crippen LogP contribution is -2.16. The summed E-state index contributed by atoms with van der Waals surface area (Å²) in [6.45, 7) is 5.01. The smallest absolute Gasteiger partial charge is 0.000782 e. The highest BCUT2D eigenvalue weighted by Gasteiger charge is 2.14. The molecule has 1 heteroatoms. The molecule has 0 aliphatic rings. The summed E-state index contributed by atoms with van der Waals surface area (Å²) in [5, 5.41) is 2.62. The molecule has 0 saturated carbocycles. The maximum atomic E-state index is 6.13. The van der Waals surface area contributed by atoms with Gasteiger partial charge in [-0.2, -0.15) is 0 Å². The summed E-state index contributed by atoms with van der Waals surface area (Å²) in [5.74, 6) is 0.353. The third-order valence-electron chi connectivity index (χ3n) is 4.52. The molecule has 112 valence electrons. The Labute approximate surface area is 132 Å². The van der Waals surface area contributed by atoms with E-state index in [2.05, 4.69) is 74.5 Å². The molecule has 2 N–H and O–H groups in total. The van der Waals surface area contributed by atoms with Crippen LogP contribution >= 0.6 is 0 Å². The molecule has 0 amide bonds. The molecule has 0 heterocycles. The van der Waals surface area contributed by atoms with Crippen LogP contribution < -0.4 is 5.73 Å². The van der Waals surface area contributed by atoms with Crippen molar-refractivity contribution in [1.82, 2.24) is 0 Å². The number of benzene rings is 3. The van der Waals surface area contributed by atoms with Gasteiger partial charge in [-0.1, -0.05) is 66.2 Å². The Kier molecular flexibility index (Phi) is 4.26. The number of fused-ring (bicyclic) bond motifs is 1. The largest absolute Gasteiger partial charge is 0.330 e. The van der Waals surface area contributed by atoms with E-state index in [-0.39, 0.29) is 0 Å². The molecule has 0 aliphatic heterocycles. The van der Waals surface area contributed by atoms with E-state index >= 15 is 0 Å². The quantitative estimate of drug-likeness (QED) is 0.737. The standard InChI is InChI=1S/C21H23N/c1-15-10-11-16(2)18(12-15)13-19(14-22)21-9-5-7-17-6-3-4-8-20(17)21/h3-12,19H,13-14,22H2,1-2H3. The van der Waals surface area contributed by atoms with Crippen molar-refractivity contribution in [1.29, 1.82) is 0 Å². The second kappa shape index (κ2) is 6.33. The molecule has 0 bridgehead atoms. The third kappa shape index (κ3) is 2.90. The van der Waals surface area contributed by atoms with Gasteiger partial charge >= 0.3 is 0 Å². The van der Waals surface area contributed by atoms with Crippen LogP contribution in [0.25, 0.3) is 10.8 Å². The van der Waals surface area contributed by atoms with Crippen LogP contribution in [0.3, 0.4) is 0 Å². The second-order valence-electron chi connectivity index (χ2n) is 6.14. The van der Waals surface area contributed by atoms with Gasteiger partial charge in [0, 0.05) is 5.92 Å². The highest BCUT2D eigenvalue weighted by atomic mass is 14.5. The molecule has 3 aromatic carbocycles. The molecule has 0 saturated heterocycles. The average molecular weight is 289 g/mol. The first-order valence-corrected chi connectivity index (χ1v) is 7.93. The molecular weight excluding hydrogens is 266 g/mol. The Hall–Kier alpha value is -2.12. The number of hydrogen-bond donors (Lipinski definition) is 1. The Morgan fingerprint density at radius 1 is 0.909 bits per heavy atom. The summed E-state index contributed by atoms with van der Waals surface area (Å²) in [4.78, 5) is 0. The molecule has 1 atom stereocenters. The van der Waals surface area contributed by atoms with E-state index in [4.69, 9.17) is 5.73 Å². The lowest BCUT2D eigenvalue weighted by Gasteiger charge is -2.19. The monoisotopic (exact) mass is 289 g/mol. The predicted octanol–water partition coefficient (Wildman–Crippen LogP) is 4.74. The van der Waals surface area contributed by atoms with Gasteiger partial charge in [-0.3, -0.25) is 0 Å². The van der Waals surface area contributed by atoms with Gasteiger partial charge in [0.15, 0.2) is 0 Å². The van der Waals surface area contributed by atoms with Crippen LogP contribution in [0.4, 0.5) is 0 Å². The van der Waals surface area contributed by atoms with Gasteiger partial charge in [-0.05, 0) is 54.3 Å². The first-order chi connectivity index (χ1) is 10.7. The Bertz CT molecular complexity index is 784. The van der Waals surface area contributed by atoms with Crippen LogP contribution in [0.1, 0.15) is 28.2 Å². The minimum absolute atomic E-state index is 0.353. The van der Waals surface area contributed by atoms with Crippen molar-refractivity contribution in [2.75, 3.05) is 6.54 Å². The molecule has 0 radical (unpaired) electrons.